The zero-order valence-electron chi connectivity index (χ0n) is 10.8. The Labute approximate surface area is 117 Å². The molecular weight excluding hydrogens is 292 g/mol. The van der Waals surface area contributed by atoms with Crippen LogP contribution in [0.25, 0.3) is 0 Å². The maximum absolute atomic E-state index is 5.84. The van der Waals surface area contributed by atoms with E-state index in [0.717, 1.165) is 34.6 Å². The van der Waals surface area contributed by atoms with Crippen molar-refractivity contribution in [3.8, 4) is 0 Å². The van der Waals surface area contributed by atoms with Gasteiger partial charge in [0, 0.05) is 22.4 Å². The minimum Gasteiger partial charge on any atom is -0.398 e. The van der Waals surface area contributed by atoms with Gasteiger partial charge in [-0.15, -0.1) is 0 Å². The van der Waals surface area contributed by atoms with Gasteiger partial charge in [-0.3, -0.25) is 0 Å². The zero-order valence-corrected chi connectivity index (χ0v) is 12.4. The van der Waals surface area contributed by atoms with Gasteiger partial charge in [0.05, 0.1) is 12.7 Å². The number of hydrogen-bond acceptors (Lipinski definition) is 3. The van der Waals surface area contributed by atoms with Crippen LogP contribution in [0.5, 0.6) is 0 Å². The van der Waals surface area contributed by atoms with Gasteiger partial charge in [0.15, 0.2) is 0 Å². The molecule has 1 fully saturated rings. The monoisotopic (exact) mass is 312 g/mol. The van der Waals surface area contributed by atoms with E-state index in [1.54, 1.807) is 0 Å². The first-order valence-electron chi connectivity index (χ1n) is 6.58. The van der Waals surface area contributed by atoms with Gasteiger partial charge in [-0.05, 0) is 53.4 Å². The fourth-order valence-electron chi connectivity index (χ4n) is 2.30. The molecule has 100 valence electrons. The van der Waals surface area contributed by atoms with E-state index in [1.165, 1.54) is 25.7 Å². The third-order valence-corrected chi connectivity index (χ3v) is 4.09. The molecule has 1 aromatic rings. The van der Waals surface area contributed by atoms with Crippen molar-refractivity contribution in [2.75, 3.05) is 24.2 Å². The van der Waals surface area contributed by atoms with E-state index in [1.807, 2.05) is 13.0 Å². The molecular formula is C14H21BrN2O. The summed E-state index contributed by atoms with van der Waals surface area (Å²) < 4.78 is 6.82. The van der Waals surface area contributed by atoms with Crippen molar-refractivity contribution in [2.45, 2.75) is 38.7 Å². The average Bonchev–Trinajstić information content (AvgIpc) is 2.84. The molecule has 3 nitrogen and oxygen atoms in total. The number of nitrogen functional groups attached to an aromatic ring is 1. The predicted octanol–water partition coefficient (Wildman–Crippen LogP) is 3.71. The van der Waals surface area contributed by atoms with E-state index >= 15 is 0 Å². The van der Waals surface area contributed by atoms with E-state index in [4.69, 9.17) is 10.5 Å². The number of halogens is 1. The van der Waals surface area contributed by atoms with Gasteiger partial charge in [0.1, 0.15) is 0 Å². The lowest BCUT2D eigenvalue weighted by Crippen LogP contribution is -2.15. The Bertz CT molecular complexity index is 403. The highest BCUT2D eigenvalue weighted by molar-refractivity contribution is 9.10. The normalized spacial score (nSPS) is 16.1. The fourth-order valence-corrected chi connectivity index (χ4v) is 2.80. The van der Waals surface area contributed by atoms with Gasteiger partial charge in [-0.25, -0.2) is 0 Å². The summed E-state index contributed by atoms with van der Waals surface area (Å²) in [5, 5.41) is 3.38. The summed E-state index contributed by atoms with van der Waals surface area (Å²) in [5.41, 5.74) is 8.83. The van der Waals surface area contributed by atoms with E-state index in [2.05, 4.69) is 27.3 Å². The molecule has 0 unspecified atom stereocenters. The minimum absolute atomic E-state index is 0.489. The average molecular weight is 313 g/mol. The molecule has 0 heterocycles. The Morgan fingerprint density at radius 2 is 2.11 bits per heavy atom. The van der Waals surface area contributed by atoms with Crippen LogP contribution in [0.4, 0.5) is 11.4 Å². The molecule has 0 atom stereocenters. The lowest BCUT2D eigenvalue weighted by molar-refractivity contribution is 0.0659. The number of ether oxygens (including phenoxy) is 1. The number of hydrogen-bond donors (Lipinski definition) is 2. The van der Waals surface area contributed by atoms with Crippen LogP contribution in [0.15, 0.2) is 16.6 Å². The standard InChI is InChI=1S/C14H21BrN2O/c1-10-8-14(12(15)9-13(10)16)17-6-7-18-11-4-2-3-5-11/h8-9,11,17H,2-7,16H2,1H3. The first-order valence-corrected chi connectivity index (χ1v) is 7.37. The molecule has 0 saturated heterocycles. The van der Waals surface area contributed by atoms with E-state index < -0.39 is 0 Å². The minimum atomic E-state index is 0.489. The second kappa shape index (κ2) is 6.43. The molecule has 0 amide bonds. The summed E-state index contributed by atoms with van der Waals surface area (Å²) in [6.45, 7) is 3.61. The highest BCUT2D eigenvalue weighted by Crippen LogP contribution is 2.27. The van der Waals surface area contributed by atoms with Gasteiger partial charge >= 0.3 is 0 Å². The molecule has 4 heteroatoms. The van der Waals surface area contributed by atoms with Crippen LogP contribution in [0.1, 0.15) is 31.2 Å². The second-order valence-electron chi connectivity index (χ2n) is 4.89. The molecule has 1 aromatic carbocycles. The molecule has 18 heavy (non-hydrogen) atoms. The zero-order chi connectivity index (χ0) is 13.0. The number of nitrogens with two attached hydrogens (primary N) is 1. The van der Waals surface area contributed by atoms with Crippen molar-refractivity contribution >= 4 is 27.3 Å². The maximum Gasteiger partial charge on any atom is 0.0642 e. The van der Waals surface area contributed by atoms with Crippen LogP contribution < -0.4 is 11.1 Å². The summed E-state index contributed by atoms with van der Waals surface area (Å²) in [7, 11) is 0. The fraction of sp³-hybridized carbons (Fsp3) is 0.571. The van der Waals surface area contributed by atoms with Crippen LogP contribution in [0.3, 0.4) is 0 Å². The molecule has 0 spiro atoms. The van der Waals surface area contributed by atoms with Crippen molar-refractivity contribution in [1.82, 2.24) is 0 Å². The Morgan fingerprint density at radius 1 is 1.39 bits per heavy atom. The second-order valence-corrected chi connectivity index (χ2v) is 5.75. The summed E-state index contributed by atoms with van der Waals surface area (Å²) in [6, 6.07) is 4.00. The van der Waals surface area contributed by atoms with Crippen molar-refractivity contribution < 1.29 is 4.74 Å². The third kappa shape index (κ3) is 3.62. The number of rotatable bonds is 5. The molecule has 0 radical (unpaired) electrons. The van der Waals surface area contributed by atoms with Crippen LogP contribution >= 0.6 is 15.9 Å². The van der Waals surface area contributed by atoms with Gasteiger partial charge in [0.25, 0.3) is 0 Å². The van der Waals surface area contributed by atoms with Crippen molar-refractivity contribution in [3.05, 3.63) is 22.2 Å². The van der Waals surface area contributed by atoms with Gasteiger partial charge in [-0.1, -0.05) is 12.8 Å². The number of nitrogens with one attached hydrogen (secondary N) is 1. The summed E-state index contributed by atoms with van der Waals surface area (Å²) in [4.78, 5) is 0. The molecule has 3 N–H and O–H groups in total. The largest absolute Gasteiger partial charge is 0.398 e. The predicted molar refractivity (Wildman–Crippen MR) is 80.0 cm³/mol. The quantitative estimate of drug-likeness (QED) is 0.643. The summed E-state index contributed by atoms with van der Waals surface area (Å²) in [6.07, 6.45) is 5.58. The topological polar surface area (TPSA) is 47.3 Å². The highest BCUT2D eigenvalue weighted by atomic mass is 79.9. The Morgan fingerprint density at radius 3 is 2.83 bits per heavy atom. The number of benzene rings is 1. The highest BCUT2D eigenvalue weighted by Gasteiger charge is 2.14. The molecule has 1 aliphatic carbocycles. The van der Waals surface area contributed by atoms with Crippen molar-refractivity contribution in [2.24, 2.45) is 0 Å². The van der Waals surface area contributed by atoms with Crippen LogP contribution in [0, 0.1) is 6.92 Å². The van der Waals surface area contributed by atoms with E-state index in [9.17, 15) is 0 Å². The molecule has 0 aliphatic heterocycles. The van der Waals surface area contributed by atoms with Gasteiger partial charge in [0.2, 0.25) is 0 Å². The Kier molecular flexibility index (Phi) is 4.89. The van der Waals surface area contributed by atoms with Crippen molar-refractivity contribution in [3.63, 3.8) is 0 Å². The smallest absolute Gasteiger partial charge is 0.0642 e. The van der Waals surface area contributed by atoms with Crippen LogP contribution in [-0.4, -0.2) is 19.3 Å². The summed E-state index contributed by atoms with van der Waals surface area (Å²) >= 11 is 3.52. The molecule has 0 aromatic heterocycles. The lowest BCUT2D eigenvalue weighted by atomic mass is 10.2. The van der Waals surface area contributed by atoms with Crippen LogP contribution in [-0.2, 0) is 4.74 Å². The maximum atomic E-state index is 5.84. The van der Waals surface area contributed by atoms with E-state index in [0.29, 0.717) is 6.10 Å². The SMILES string of the molecule is Cc1cc(NCCOC2CCCC2)c(Br)cc1N. The Balaban J connectivity index is 1.77. The van der Waals surface area contributed by atoms with Gasteiger partial charge < -0.3 is 15.8 Å². The van der Waals surface area contributed by atoms with E-state index in [-0.39, 0.29) is 0 Å². The number of anilines is 2. The molecule has 2 rings (SSSR count). The van der Waals surface area contributed by atoms with Gasteiger partial charge in [-0.2, -0.15) is 0 Å². The lowest BCUT2D eigenvalue weighted by Gasteiger charge is -2.14. The summed E-state index contributed by atoms with van der Waals surface area (Å²) in [5.74, 6) is 0. The molecule has 1 saturated carbocycles. The first kappa shape index (κ1) is 13.7. The Hall–Kier alpha value is -0.740. The third-order valence-electron chi connectivity index (χ3n) is 3.43. The molecule has 1 aliphatic rings. The van der Waals surface area contributed by atoms with Crippen molar-refractivity contribution in [1.29, 1.82) is 0 Å². The van der Waals surface area contributed by atoms with Crippen LogP contribution in [0.2, 0.25) is 0 Å². The number of aryl methyl sites for hydroxylation is 1. The molecule has 0 bridgehead atoms. The first-order chi connectivity index (χ1) is 8.66.